The minimum atomic E-state index is 0.672. The molecule has 19 heavy (non-hydrogen) atoms. The number of hydrogen-bond acceptors (Lipinski definition) is 3. The zero-order chi connectivity index (χ0) is 13.7. The van der Waals surface area contributed by atoms with Crippen LogP contribution < -0.4 is 10.5 Å². The molecule has 2 N–H and O–H groups in total. The minimum Gasteiger partial charge on any atom is -0.492 e. The molecule has 0 bridgehead atoms. The molecule has 0 saturated carbocycles. The highest BCUT2D eigenvalue weighted by atomic mass is 79.9. The Bertz CT molecular complexity index is 560. The third kappa shape index (κ3) is 4.18. The van der Waals surface area contributed by atoms with Crippen molar-refractivity contribution in [3.05, 3.63) is 52.5 Å². The van der Waals surface area contributed by atoms with Gasteiger partial charge in [0.2, 0.25) is 0 Å². The van der Waals surface area contributed by atoms with Gasteiger partial charge in [-0.1, -0.05) is 34.1 Å². The molecule has 0 aliphatic rings. The van der Waals surface area contributed by atoms with Crippen LogP contribution in [0.2, 0.25) is 0 Å². The van der Waals surface area contributed by atoms with E-state index in [0.29, 0.717) is 6.61 Å². The van der Waals surface area contributed by atoms with Crippen molar-refractivity contribution in [2.75, 3.05) is 18.1 Å². The number of halogens is 1. The SMILES string of the molecule is Cc1ccccc1OCCSc1ccc(Br)cc1N. The van der Waals surface area contributed by atoms with E-state index >= 15 is 0 Å². The number of thioether (sulfide) groups is 1. The predicted octanol–water partition coefficient (Wildman–Crippen LogP) is 4.51. The van der Waals surface area contributed by atoms with E-state index in [1.807, 2.05) is 36.4 Å². The fraction of sp³-hybridized carbons (Fsp3) is 0.200. The Hall–Kier alpha value is -1.13. The van der Waals surface area contributed by atoms with E-state index in [1.165, 1.54) is 0 Å². The van der Waals surface area contributed by atoms with Gasteiger partial charge in [-0.3, -0.25) is 0 Å². The lowest BCUT2D eigenvalue weighted by Crippen LogP contribution is -2.01. The summed E-state index contributed by atoms with van der Waals surface area (Å²) in [6.45, 7) is 2.72. The van der Waals surface area contributed by atoms with E-state index in [1.54, 1.807) is 11.8 Å². The zero-order valence-electron chi connectivity index (χ0n) is 10.7. The third-order valence-corrected chi connectivity index (χ3v) is 4.21. The number of nitrogen functional groups attached to an aromatic ring is 1. The molecule has 0 amide bonds. The molecule has 2 rings (SSSR count). The highest BCUT2D eigenvalue weighted by molar-refractivity contribution is 9.10. The van der Waals surface area contributed by atoms with Crippen molar-refractivity contribution in [1.82, 2.24) is 0 Å². The molecule has 0 fully saturated rings. The monoisotopic (exact) mass is 337 g/mol. The minimum absolute atomic E-state index is 0.672. The molecule has 0 spiro atoms. The number of para-hydroxylation sites is 1. The van der Waals surface area contributed by atoms with Gasteiger partial charge < -0.3 is 10.5 Å². The van der Waals surface area contributed by atoms with Crippen molar-refractivity contribution in [2.24, 2.45) is 0 Å². The average Bonchev–Trinajstić information content (AvgIpc) is 2.38. The summed E-state index contributed by atoms with van der Waals surface area (Å²) in [4.78, 5) is 1.09. The first-order chi connectivity index (χ1) is 9.16. The molecule has 0 aromatic heterocycles. The van der Waals surface area contributed by atoms with E-state index in [4.69, 9.17) is 10.5 Å². The highest BCUT2D eigenvalue weighted by Crippen LogP contribution is 2.27. The van der Waals surface area contributed by atoms with Crippen LogP contribution in [-0.2, 0) is 0 Å². The number of benzene rings is 2. The maximum atomic E-state index is 5.95. The summed E-state index contributed by atoms with van der Waals surface area (Å²) in [5.41, 5.74) is 7.91. The molecular weight excluding hydrogens is 322 g/mol. The van der Waals surface area contributed by atoms with Crippen LogP contribution in [0.1, 0.15) is 5.56 Å². The second-order valence-electron chi connectivity index (χ2n) is 4.14. The van der Waals surface area contributed by atoms with Crippen LogP contribution in [0.4, 0.5) is 5.69 Å². The normalized spacial score (nSPS) is 10.4. The van der Waals surface area contributed by atoms with Crippen LogP contribution in [-0.4, -0.2) is 12.4 Å². The number of anilines is 1. The molecule has 0 radical (unpaired) electrons. The second kappa shape index (κ2) is 6.87. The Labute approximate surface area is 126 Å². The van der Waals surface area contributed by atoms with Crippen molar-refractivity contribution in [3.8, 4) is 5.75 Å². The lowest BCUT2D eigenvalue weighted by atomic mass is 10.2. The molecular formula is C15H16BrNOS. The van der Waals surface area contributed by atoms with Gasteiger partial charge in [0.05, 0.1) is 6.61 Å². The summed E-state index contributed by atoms with van der Waals surface area (Å²) in [6.07, 6.45) is 0. The van der Waals surface area contributed by atoms with Crippen molar-refractivity contribution in [1.29, 1.82) is 0 Å². The van der Waals surface area contributed by atoms with Crippen LogP contribution in [0.3, 0.4) is 0 Å². The molecule has 2 aromatic carbocycles. The van der Waals surface area contributed by atoms with E-state index in [-0.39, 0.29) is 0 Å². The molecule has 2 aromatic rings. The molecule has 0 unspecified atom stereocenters. The number of ether oxygens (including phenoxy) is 1. The maximum Gasteiger partial charge on any atom is 0.122 e. The molecule has 0 saturated heterocycles. The first kappa shape index (κ1) is 14.3. The van der Waals surface area contributed by atoms with Crippen molar-refractivity contribution in [2.45, 2.75) is 11.8 Å². The van der Waals surface area contributed by atoms with Crippen molar-refractivity contribution < 1.29 is 4.74 Å². The summed E-state index contributed by atoms with van der Waals surface area (Å²) in [6, 6.07) is 14.0. The van der Waals surface area contributed by atoms with Crippen LogP contribution in [0.5, 0.6) is 5.75 Å². The quantitative estimate of drug-likeness (QED) is 0.495. The highest BCUT2D eigenvalue weighted by Gasteiger charge is 2.02. The summed E-state index contributed by atoms with van der Waals surface area (Å²) < 4.78 is 6.76. The first-order valence-electron chi connectivity index (χ1n) is 6.03. The zero-order valence-corrected chi connectivity index (χ0v) is 13.1. The second-order valence-corrected chi connectivity index (χ2v) is 6.20. The van der Waals surface area contributed by atoms with Crippen molar-refractivity contribution in [3.63, 3.8) is 0 Å². The van der Waals surface area contributed by atoms with E-state index in [9.17, 15) is 0 Å². The Kier molecular flexibility index (Phi) is 5.16. The van der Waals surface area contributed by atoms with E-state index in [0.717, 1.165) is 32.1 Å². The maximum absolute atomic E-state index is 5.95. The van der Waals surface area contributed by atoms with Gasteiger partial charge in [-0.15, -0.1) is 11.8 Å². The average molecular weight is 338 g/mol. The van der Waals surface area contributed by atoms with Gasteiger partial charge in [0, 0.05) is 20.8 Å². The fourth-order valence-electron chi connectivity index (χ4n) is 1.67. The number of rotatable bonds is 5. The molecule has 0 aliphatic heterocycles. The molecule has 0 heterocycles. The van der Waals surface area contributed by atoms with E-state index in [2.05, 4.69) is 28.9 Å². The van der Waals surface area contributed by atoms with Gasteiger partial charge in [-0.2, -0.15) is 0 Å². The molecule has 4 heteroatoms. The standard InChI is InChI=1S/C15H16BrNOS/c1-11-4-2-3-5-14(11)18-8-9-19-15-7-6-12(16)10-13(15)17/h2-7,10H,8-9,17H2,1H3. The smallest absolute Gasteiger partial charge is 0.122 e. The Balaban J connectivity index is 1.83. The predicted molar refractivity (Wildman–Crippen MR) is 86.0 cm³/mol. The molecule has 0 aliphatic carbocycles. The largest absolute Gasteiger partial charge is 0.492 e. The Morgan fingerprint density at radius 2 is 2.00 bits per heavy atom. The number of aryl methyl sites for hydroxylation is 1. The van der Waals surface area contributed by atoms with Gasteiger partial charge in [0.1, 0.15) is 5.75 Å². The summed E-state index contributed by atoms with van der Waals surface area (Å²) in [5.74, 6) is 1.83. The van der Waals surface area contributed by atoms with Gasteiger partial charge in [0.15, 0.2) is 0 Å². The van der Waals surface area contributed by atoms with Crippen LogP contribution in [0, 0.1) is 6.92 Å². The summed E-state index contributed by atoms with van der Waals surface area (Å²) in [7, 11) is 0. The van der Waals surface area contributed by atoms with Crippen LogP contribution >= 0.6 is 27.7 Å². The Morgan fingerprint density at radius 1 is 1.21 bits per heavy atom. The van der Waals surface area contributed by atoms with Crippen molar-refractivity contribution >= 4 is 33.4 Å². The van der Waals surface area contributed by atoms with E-state index < -0.39 is 0 Å². The summed E-state index contributed by atoms with van der Waals surface area (Å²) >= 11 is 5.11. The van der Waals surface area contributed by atoms with Gasteiger partial charge in [0.25, 0.3) is 0 Å². The van der Waals surface area contributed by atoms with Crippen LogP contribution in [0.25, 0.3) is 0 Å². The number of hydrogen-bond donors (Lipinski definition) is 1. The topological polar surface area (TPSA) is 35.2 Å². The lowest BCUT2D eigenvalue weighted by Gasteiger charge is -2.09. The molecule has 100 valence electrons. The summed E-state index contributed by atoms with van der Waals surface area (Å²) in [5, 5.41) is 0. The van der Waals surface area contributed by atoms with Gasteiger partial charge >= 0.3 is 0 Å². The molecule has 0 atom stereocenters. The molecule has 2 nitrogen and oxygen atoms in total. The fourth-order valence-corrected chi connectivity index (χ4v) is 2.83. The Morgan fingerprint density at radius 3 is 2.74 bits per heavy atom. The van der Waals surface area contributed by atoms with Gasteiger partial charge in [-0.25, -0.2) is 0 Å². The number of nitrogens with two attached hydrogens (primary N) is 1. The van der Waals surface area contributed by atoms with Gasteiger partial charge in [-0.05, 0) is 36.8 Å². The first-order valence-corrected chi connectivity index (χ1v) is 7.81. The lowest BCUT2D eigenvalue weighted by molar-refractivity contribution is 0.341. The van der Waals surface area contributed by atoms with Crippen LogP contribution in [0.15, 0.2) is 51.8 Å². The third-order valence-electron chi connectivity index (χ3n) is 2.66.